The number of aromatic amines is 1. The molecule has 0 spiro atoms. The van der Waals surface area contributed by atoms with Gasteiger partial charge in [-0.25, -0.2) is 9.78 Å². The van der Waals surface area contributed by atoms with Crippen LogP contribution in [-0.2, 0) is 29.0 Å². The SMILES string of the molecule is O=C(O)COCc1nc2sc3c(c2c(=O)[nH]1)CCC3. The first-order chi connectivity index (χ1) is 9.15. The van der Waals surface area contributed by atoms with Crippen molar-refractivity contribution >= 4 is 27.5 Å². The molecule has 1 aliphatic carbocycles. The van der Waals surface area contributed by atoms with Gasteiger partial charge in [0.15, 0.2) is 0 Å². The zero-order valence-electron chi connectivity index (χ0n) is 10.1. The summed E-state index contributed by atoms with van der Waals surface area (Å²) in [5.41, 5.74) is 0.977. The van der Waals surface area contributed by atoms with Crippen molar-refractivity contribution in [3.63, 3.8) is 0 Å². The number of aromatic nitrogens is 2. The third kappa shape index (κ3) is 2.26. The smallest absolute Gasteiger partial charge is 0.329 e. The van der Waals surface area contributed by atoms with Gasteiger partial charge >= 0.3 is 5.97 Å². The summed E-state index contributed by atoms with van der Waals surface area (Å²) in [5.74, 6) is -0.669. The number of aliphatic carboxylic acids is 1. The predicted molar refractivity (Wildman–Crippen MR) is 69.6 cm³/mol. The van der Waals surface area contributed by atoms with E-state index in [-0.39, 0.29) is 12.2 Å². The van der Waals surface area contributed by atoms with E-state index < -0.39 is 12.6 Å². The standard InChI is InChI=1S/C12H12N2O4S/c15-9(16)5-18-4-8-13-11(17)10-6-2-1-3-7(6)19-12(10)14-8/h1-5H2,(H,15,16)(H,13,14,17). The molecule has 2 aromatic heterocycles. The molecule has 0 saturated carbocycles. The van der Waals surface area contributed by atoms with Crippen LogP contribution in [0.15, 0.2) is 4.79 Å². The van der Waals surface area contributed by atoms with Crippen LogP contribution < -0.4 is 5.56 Å². The maximum atomic E-state index is 12.1. The number of aryl methyl sites for hydroxylation is 2. The maximum absolute atomic E-state index is 12.1. The van der Waals surface area contributed by atoms with Crippen LogP contribution in [0.2, 0.25) is 0 Å². The summed E-state index contributed by atoms with van der Waals surface area (Å²) in [4.78, 5) is 31.4. The Morgan fingerprint density at radius 1 is 1.47 bits per heavy atom. The van der Waals surface area contributed by atoms with E-state index in [1.165, 1.54) is 4.88 Å². The minimum Gasteiger partial charge on any atom is -0.480 e. The fourth-order valence-electron chi connectivity index (χ4n) is 2.35. The number of rotatable bonds is 4. The lowest BCUT2D eigenvalue weighted by Crippen LogP contribution is -2.14. The number of carboxylic acids is 1. The molecule has 3 rings (SSSR count). The molecule has 6 nitrogen and oxygen atoms in total. The number of ether oxygens (including phenoxy) is 1. The summed E-state index contributed by atoms with van der Waals surface area (Å²) in [6.07, 6.45) is 3.05. The quantitative estimate of drug-likeness (QED) is 0.874. The minimum atomic E-state index is -1.04. The van der Waals surface area contributed by atoms with Gasteiger partial charge in [-0.15, -0.1) is 11.3 Å². The number of carboxylic acid groups (broad SMARTS) is 1. The maximum Gasteiger partial charge on any atom is 0.329 e. The summed E-state index contributed by atoms with van der Waals surface area (Å²) in [6, 6.07) is 0. The monoisotopic (exact) mass is 280 g/mol. The van der Waals surface area contributed by atoms with Gasteiger partial charge in [0.2, 0.25) is 0 Å². The highest BCUT2D eigenvalue weighted by molar-refractivity contribution is 7.18. The number of carbonyl (C=O) groups is 1. The molecule has 2 N–H and O–H groups in total. The molecule has 0 amide bonds. The second-order valence-corrected chi connectivity index (χ2v) is 5.52. The lowest BCUT2D eigenvalue weighted by molar-refractivity contribution is -0.142. The zero-order chi connectivity index (χ0) is 13.4. The van der Waals surface area contributed by atoms with E-state index in [0.717, 1.165) is 29.7 Å². The molecule has 2 heterocycles. The van der Waals surface area contributed by atoms with Crippen LogP contribution in [-0.4, -0.2) is 27.7 Å². The van der Waals surface area contributed by atoms with Crippen LogP contribution in [0, 0.1) is 0 Å². The molecule has 1 aliphatic rings. The van der Waals surface area contributed by atoms with E-state index in [9.17, 15) is 9.59 Å². The highest BCUT2D eigenvalue weighted by Gasteiger charge is 2.20. The topological polar surface area (TPSA) is 92.3 Å². The third-order valence-corrected chi connectivity index (χ3v) is 4.27. The van der Waals surface area contributed by atoms with Crippen molar-refractivity contribution in [3.05, 3.63) is 26.6 Å². The summed E-state index contributed by atoms with van der Waals surface area (Å²) in [7, 11) is 0. The van der Waals surface area contributed by atoms with Crippen LogP contribution >= 0.6 is 11.3 Å². The van der Waals surface area contributed by atoms with Gasteiger partial charge in [-0.3, -0.25) is 4.79 Å². The fraction of sp³-hybridized carbons (Fsp3) is 0.417. The third-order valence-electron chi connectivity index (χ3n) is 3.09. The first-order valence-electron chi connectivity index (χ1n) is 5.98. The molecule has 0 aromatic carbocycles. The van der Waals surface area contributed by atoms with E-state index >= 15 is 0 Å². The zero-order valence-corrected chi connectivity index (χ0v) is 10.9. The Bertz CT molecular complexity index is 704. The van der Waals surface area contributed by atoms with Crippen LogP contribution in [0.5, 0.6) is 0 Å². The first-order valence-corrected chi connectivity index (χ1v) is 6.80. The number of nitrogens with one attached hydrogen (secondary N) is 1. The van der Waals surface area contributed by atoms with E-state index in [1.807, 2.05) is 0 Å². The van der Waals surface area contributed by atoms with Crippen molar-refractivity contribution < 1.29 is 14.6 Å². The van der Waals surface area contributed by atoms with Crippen LogP contribution in [0.4, 0.5) is 0 Å². The number of thiophene rings is 1. The van der Waals surface area contributed by atoms with E-state index in [0.29, 0.717) is 11.2 Å². The molecule has 7 heteroatoms. The van der Waals surface area contributed by atoms with E-state index in [1.54, 1.807) is 11.3 Å². The molecular weight excluding hydrogens is 268 g/mol. The van der Waals surface area contributed by atoms with Gasteiger partial charge in [0, 0.05) is 4.88 Å². The van der Waals surface area contributed by atoms with Gasteiger partial charge < -0.3 is 14.8 Å². The van der Waals surface area contributed by atoms with Crippen LogP contribution in [0.3, 0.4) is 0 Å². The Hall–Kier alpha value is -1.73. The van der Waals surface area contributed by atoms with Gasteiger partial charge in [-0.2, -0.15) is 0 Å². The van der Waals surface area contributed by atoms with Crippen molar-refractivity contribution in [2.24, 2.45) is 0 Å². The Morgan fingerprint density at radius 3 is 3.11 bits per heavy atom. The van der Waals surface area contributed by atoms with Crippen molar-refractivity contribution in [2.75, 3.05) is 6.61 Å². The molecule has 19 heavy (non-hydrogen) atoms. The summed E-state index contributed by atoms with van der Waals surface area (Å²) in [5, 5.41) is 9.18. The Labute approximate surface area is 112 Å². The highest BCUT2D eigenvalue weighted by Crippen LogP contribution is 2.34. The van der Waals surface area contributed by atoms with Gasteiger partial charge in [0.1, 0.15) is 23.9 Å². The lowest BCUT2D eigenvalue weighted by Gasteiger charge is -2.01. The predicted octanol–water partition coefficient (Wildman–Crippen LogP) is 1.07. The van der Waals surface area contributed by atoms with Crippen molar-refractivity contribution in [1.29, 1.82) is 0 Å². The van der Waals surface area contributed by atoms with Gasteiger partial charge in [0.25, 0.3) is 5.56 Å². The Balaban J connectivity index is 1.92. The van der Waals surface area contributed by atoms with E-state index in [2.05, 4.69) is 9.97 Å². The number of nitrogens with zero attached hydrogens (tertiary/aromatic N) is 1. The largest absolute Gasteiger partial charge is 0.480 e. The summed E-state index contributed by atoms with van der Waals surface area (Å²) in [6.45, 7) is -0.400. The summed E-state index contributed by atoms with van der Waals surface area (Å²) < 4.78 is 4.93. The molecular formula is C12H12N2O4S. The second-order valence-electron chi connectivity index (χ2n) is 4.44. The van der Waals surface area contributed by atoms with Gasteiger partial charge in [-0.1, -0.05) is 0 Å². The van der Waals surface area contributed by atoms with Gasteiger partial charge in [0.05, 0.1) is 5.39 Å². The normalized spacial score (nSPS) is 13.9. The average molecular weight is 280 g/mol. The average Bonchev–Trinajstić information content (AvgIpc) is 2.87. The molecule has 100 valence electrons. The van der Waals surface area contributed by atoms with Gasteiger partial charge in [-0.05, 0) is 24.8 Å². The minimum absolute atomic E-state index is 0.0000463. The molecule has 0 atom stereocenters. The van der Waals surface area contributed by atoms with Crippen LogP contribution in [0.1, 0.15) is 22.7 Å². The van der Waals surface area contributed by atoms with Crippen molar-refractivity contribution in [3.8, 4) is 0 Å². The molecule has 0 bridgehead atoms. The van der Waals surface area contributed by atoms with E-state index in [4.69, 9.17) is 9.84 Å². The first kappa shape index (κ1) is 12.3. The second kappa shape index (κ2) is 4.75. The number of fused-ring (bicyclic) bond motifs is 3. The Morgan fingerprint density at radius 2 is 2.32 bits per heavy atom. The van der Waals surface area contributed by atoms with Crippen molar-refractivity contribution in [2.45, 2.75) is 25.9 Å². The molecule has 0 fully saturated rings. The summed E-state index contributed by atoms with van der Waals surface area (Å²) >= 11 is 1.55. The molecule has 0 saturated heterocycles. The van der Waals surface area contributed by atoms with Crippen LogP contribution in [0.25, 0.3) is 10.2 Å². The number of hydrogen-bond acceptors (Lipinski definition) is 5. The molecule has 0 aliphatic heterocycles. The number of H-pyrrole nitrogens is 1. The van der Waals surface area contributed by atoms with Crippen molar-refractivity contribution in [1.82, 2.24) is 9.97 Å². The lowest BCUT2D eigenvalue weighted by atomic mass is 10.2. The molecule has 0 radical (unpaired) electrons. The number of hydrogen-bond donors (Lipinski definition) is 2. The molecule has 2 aromatic rings. The molecule has 0 unspecified atom stereocenters. The highest BCUT2D eigenvalue weighted by atomic mass is 32.1. The fourth-order valence-corrected chi connectivity index (χ4v) is 3.63. The Kier molecular flexibility index (Phi) is 3.08.